The highest BCUT2D eigenvalue weighted by Gasteiger charge is 2.30. The van der Waals surface area contributed by atoms with Crippen LogP contribution in [0.1, 0.15) is 24.0 Å². The average Bonchev–Trinajstić information content (AvgIpc) is 2.97. The van der Waals surface area contributed by atoms with Gasteiger partial charge in [0.1, 0.15) is 19.3 Å². The summed E-state index contributed by atoms with van der Waals surface area (Å²) in [5.74, 6) is 0.361. The van der Waals surface area contributed by atoms with Crippen molar-refractivity contribution in [3.8, 4) is 11.5 Å². The van der Waals surface area contributed by atoms with Crippen molar-refractivity contribution >= 4 is 50.7 Å². The quantitative estimate of drug-likeness (QED) is 0.310. The van der Waals surface area contributed by atoms with Gasteiger partial charge < -0.3 is 19.7 Å². The molecule has 9 nitrogen and oxygen atoms in total. The first kappa shape index (κ1) is 31.5. The number of hydrogen-bond donors (Lipinski definition) is 1. The number of sulfonamides is 1. The maximum absolute atomic E-state index is 13.8. The van der Waals surface area contributed by atoms with Gasteiger partial charge >= 0.3 is 0 Å². The Kier molecular flexibility index (Phi) is 10.6. The molecule has 1 N–H and O–H groups in total. The second-order valence-electron chi connectivity index (χ2n) is 9.84. The highest BCUT2D eigenvalue weighted by molar-refractivity contribution is 7.92. The molecule has 0 aliphatic carbocycles. The van der Waals surface area contributed by atoms with Crippen LogP contribution in [0.2, 0.25) is 10.0 Å². The Bertz CT molecular complexity index is 1520. The van der Waals surface area contributed by atoms with Crippen LogP contribution in [-0.4, -0.2) is 64.2 Å². The first-order valence-electron chi connectivity index (χ1n) is 13.4. The molecule has 1 atom stereocenters. The molecule has 0 unspecified atom stereocenters. The molecule has 2 amide bonds. The van der Waals surface area contributed by atoms with Crippen LogP contribution in [0.4, 0.5) is 5.69 Å². The van der Waals surface area contributed by atoms with Gasteiger partial charge in [0.05, 0.1) is 11.9 Å². The van der Waals surface area contributed by atoms with E-state index in [2.05, 4.69) is 5.32 Å². The van der Waals surface area contributed by atoms with E-state index in [0.717, 1.165) is 11.8 Å². The zero-order valence-electron chi connectivity index (χ0n) is 23.4. The summed E-state index contributed by atoms with van der Waals surface area (Å²) in [5.41, 5.74) is 1.92. The highest BCUT2D eigenvalue weighted by Crippen LogP contribution is 2.35. The van der Waals surface area contributed by atoms with Gasteiger partial charge in [-0.15, -0.1) is 0 Å². The summed E-state index contributed by atoms with van der Waals surface area (Å²) < 4.78 is 37.9. The molecule has 4 rings (SSSR count). The summed E-state index contributed by atoms with van der Waals surface area (Å²) in [6.45, 7) is 0.900. The molecule has 0 fully saturated rings. The largest absolute Gasteiger partial charge is 0.486 e. The molecular formula is C30H33Cl2N3O6S. The van der Waals surface area contributed by atoms with Crippen molar-refractivity contribution < 1.29 is 27.5 Å². The first-order valence-corrected chi connectivity index (χ1v) is 16.0. The number of ether oxygens (including phenoxy) is 2. The third-order valence-electron chi connectivity index (χ3n) is 6.84. The molecule has 42 heavy (non-hydrogen) atoms. The monoisotopic (exact) mass is 633 g/mol. The minimum Gasteiger partial charge on any atom is -0.486 e. The van der Waals surface area contributed by atoms with Gasteiger partial charge in [0.25, 0.3) is 0 Å². The second-order valence-corrected chi connectivity index (χ2v) is 12.6. The van der Waals surface area contributed by atoms with E-state index in [0.29, 0.717) is 46.0 Å². The number of anilines is 1. The lowest BCUT2D eigenvalue weighted by molar-refractivity contribution is -0.141. The van der Waals surface area contributed by atoms with Crippen LogP contribution in [0, 0.1) is 0 Å². The number of hydrogen-bond acceptors (Lipinski definition) is 6. The molecule has 0 saturated heterocycles. The predicted octanol–water partition coefficient (Wildman–Crippen LogP) is 4.70. The van der Waals surface area contributed by atoms with Crippen LogP contribution in [-0.2, 0) is 32.6 Å². The Labute approximate surface area is 256 Å². The van der Waals surface area contributed by atoms with E-state index in [4.69, 9.17) is 32.7 Å². The van der Waals surface area contributed by atoms with Crippen molar-refractivity contribution in [2.75, 3.05) is 37.4 Å². The molecule has 3 aromatic carbocycles. The molecule has 1 aliphatic rings. The standard InChI is InChI=1S/C30H33Cl2N3O6S/c1-33-30(37)26(17-21-7-4-3-5-8-21)34(20-22-10-11-23(31)18-25(22)32)29(36)9-6-14-35(42(2,38)39)24-12-13-27-28(19-24)41-16-15-40-27/h3-5,7-8,10-13,18-19,26H,6,9,14-17,20H2,1-2H3,(H,33,37)/t26-/m0/s1. The van der Waals surface area contributed by atoms with E-state index in [1.807, 2.05) is 30.3 Å². The third-order valence-corrected chi connectivity index (χ3v) is 8.62. The van der Waals surface area contributed by atoms with Crippen LogP contribution >= 0.6 is 23.2 Å². The van der Waals surface area contributed by atoms with E-state index in [1.54, 1.807) is 36.4 Å². The zero-order valence-corrected chi connectivity index (χ0v) is 25.7. The van der Waals surface area contributed by atoms with Gasteiger partial charge in [-0.05, 0) is 41.8 Å². The maximum Gasteiger partial charge on any atom is 0.242 e. The number of nitrogens with one attached hydrogen (secondary N) is 1. The second kappa shape index (κ2) is 14.1. The third kappa shape index (κ3) is 8.08. The molecule has 224 valence electrons. The van der Waals surface area contributed by atoms with Crippen molar-refractivity contribution in [2.45, 2.75) is 31.8 Å². The number of nitrogens with zero attached hydrogens (tertiary/aromatic N) is 2. The molecule has 1 heterocycles. The molecule has 0 aromatic heterocycles. The topological polar surface area (TPSA) is 105 Å². The number of likely N-dealkylation sites (N-methyl/N-ethyl adjacent to an activating group) is 1. The minimum absolute atomic E-state index is 0.00986. The summed E-state index contributed by atoms with van der Waals surface area (Å²) in [5, 5.41) is 3.50. The van der Waals surface area contributed by atoms with Crippen molar-refractivity contribution in [1.82, 2.24) is 10.2 Å². The van der Waals surface area contributed by atoms with Crippen LogP contribution < -0.4 is 19.1 Å². The number of benzene rings is 3. The average molecular weight is 635 g/mol. The van der Waals surface area contributed by atoms with Gasteiger partial charge in [-0.1, -0.05) is 59.6 Å². The first-order chi connectivity index (χ1) is 20.1. The Balaban J connectivity index is 1.57. The molecule has 3 aromatic rings. The molecule has 1 aliphatic heterocycles. The Hall–Kier alpha value is -3.47. The van der Waals surface area contributed by atoms with Crippen LogP contribution in [0.5, 0.6) is 11.5 Å². The lowest BCUT2D eigenvalue weighted by Crippen LogP contribution is -2.49. The van der Waals surface area contributed by atoms with Crippen molar-refractivity contribution in [3.05, 3.63) is 87.9 Å². The summed E-state index contributed by atoms with van der Waals surface area (Å²) in [6.07, 6.45) is 1.59. The predicted molar refractivity (Wildman–Crippen MR) is 164 cm³/mol. The number of carbonyl (C=O) groups excluding carboxylic acids is 2. The van der Waals surface area contributed by atoms with Gasteiger partial charge in [0.15, 0.2) is 11.5 Å². The van der Waals surface area contributed by atoms with Gasteiger partial charge in [0.2, 0.25) is 21.8 Å². The summed E-state index contributed by atoms with van der Waals surface area (Å²) in [4.78, 5) is 28.4. The molecule has 0 bridgehead atoms. The fourth-order valence-corrected chi connectivity index (χ4v) is 6.17. The van der Waals surface area contributed by atoms with Crippen LogP contribution in [0.3, 0.4) is 0 Å². The molecule has 12 heteroatoms. The summed E-state index contributed by atoms with van der Waals surface area (Å²) in [7, 11) is -2.15. The molecular weight excluding hydrogens is 601 g/mol. The number of rotatable bonds is 12. The van der Waals surface area contributed by atoms with Crippen molar-refractivity contribution in [3.63, 3.8) is 0 Å². The lowest BCUT2D eigenvalue weighted by Gasteiger charge is -2.32. The van der Waals surface area contributed by atoms with E-state index in [9.17, 15) is 18.0 Å². The Morgan fingerprint density at radius 3 is 2.36 bits per heavy atom. The number of fused-ring (bicyclic) bond motifs is 1. The minimum atomic E-state index is -3.68. The lowest BCUT2D eigenvalue weighted by atomic mass is 10.0. The summed E-state index contributed by atoms with van der Waals surface area (Å²) in [6, 6.07) is 18.5. The number of amides is 2. The van der Waals surface area contributed by atoms with Gasteiger partial charge in [-0.2, -0.15) is 0 Å². The van der Waals surface area contributed by atoms with E-state index >= 15 is 0 Å². The van der Waals surface area contributed by atoms with Crippen molar-refractivity contribution in [1.29, 1.82) is 0 Å². The van der Waals surface area contributed by atoms with Crippen LogP contribution in [0.25, 0.3) is 0 Å². The normalized spacial score (nSPS) is 13.2. The fraction of sp³-hybridized carbons (Fsp3) is 0.333. The molecule has 0 saturated carbocycles. The molecule has 0 spiro atoms. The van der Waals surface area contributed by atoms with E-state index in [1.165, 1.54) is 16.3 Å². The Morgan fingerprint density at radius 2 is 1.69 bits per heavy atom. The highest BCUT2D eigenvalue weighted by atomic mass is 35.5. The van der Waals surface area contributed by atoms with Crippen molar-refractivity contribution in [2.24, 2.45) is 0 Å². The SMILES string of the molecule is CNC(=O)[C@H](Cc1ccccc1)N(Cc1ccc(Cl)cc1Cl)C(=O)CCCN(c1ccc2c(c1)OCCO2)S(C)(=O)=O. The fourth-order valence-electron chi connectivity index (χ4n) is 4.75. The summed E-state index contributed by atoms with van der Waals surface area (Å²) >= 11 is 12.5. The van der Waals surface area contributed by atoms with Crippen LogP contribution in [0.15, 0.2) is 66.7 Å². The Morgan fingerprint density at radius 1 is 0.976 bits per heavy atom. The smallest absolute Gasteiger partial charge is 0.242 e. The van der Waals surface area contributed by atoms with E-state index in [-0.39, 0.29) is 44.2 Å². The number of halogens is 2. The van der Waals surface area contributed by atoms with E-state index < -0.39 is 16.1 Å². The van der Waals surface area contributed by atoms with Gasteiger partial charge in [-0.25, -0.2) is 8.42 Å². The maximum atomic E-state index is 13.8. The molecule has 0 radical (unpaired) electrons. The van der Waals surface area contributed by atoms with Gasteiger partial charge in [0, 0.05) is 49.1 Å². The zero-order chi connectivity index (χ0) is 30.3. The van der Waals surface area contributed by atoms with Gasteiger partial charge in [-0.3, -0.25) is 13.9 Å². The number of carbonyl (C=O) groups is 2.